The molecule has 0 aliphatic heterocycles. The van der Waals surface area contributed by atoms with E-state index in [-0.39, 0.29) is 6.61 Å². The van der Waals surface area contributed by atoms with Crippen LogP contribution in [0.2, 0.25) is 0 Å². The monoisotopic (exact) mass is 274 g/mol. The molecule has 20 heavy (non-hydrogen) atoms. The Bertz CT molecular complexity index is 478. The number of hydrogen-bond donors (Lipinski definition) is 1. The molecule has 0 unspecified atom stereocenters. The summed E-state index contributed by atoms with van der Waals surface area (Å²) < 4.78 is 5.17. The fourth-order valence-corrected chi connectivity index (χ4v) is 2.59. The van der Waals surface area contributed by atoms with Crippen molar-refractivity contribution in [1.29, 1.82) is 5.26 Å². The largest absolute Gasteiger partial charge is 0.495 e. The van der Waals surface area contributed by atoms with Gasteiger partial charge in [0.05, 0.1) is 12.7 Å². The zero-order chi connectivity index (χ0) is 14.4. The number of ether oxygens (including phenoxy) is 1. The summed E-state index contributed by atoms with van der Waals surface area (Å²) in [6.45, 7) is 1.98. The first-order valence-electron chi connectivity index (χ1n) is 7.20. The molecule has 0 radical (unpaired) electrons. The summed E-state index contributed by atoms with van der Waals surface area (Å²) >= 11 is 0. The fourth-order valence-electron chi connectivity index (χ4n) is 2.59. The van der Waals surface area contributed by atoms with Crippen LogP contribution >= 0.6 is 0 Å². The van der Waals surface area contributed by atoms with Gasteiger partial charge in [0.15, 0.2) is 0 Å². The first-order chi connectivity index (χ1) is 9.78. The van der Waals surface area contributed by atoms with Crippen LogP contribution in [0.25, 0.3) is 0 Å². The third kappa shape index (κ3) is 3.50. The lowest BCUT2D eigenvalue weighted by Crippen LogP contribution is -2.40. The van der Waals surface area contributed by atoms with Gasteiger partial charge in [-0.2, -0.15) is 5.26 Å². The number of aliphatic hydroxyl groups is 1. The van der Waals surface area contributed by atoms with Crippen LogP contribution in [0.1, 0.15) is 36.8 Å². The van der Waals surface area contributed by atoms with Gasteiger partial charge in [0.2, 0.25) is 0 Å². The SMILES string of the molecule is COc1ccc(CN(CCCO)C2CCC2)cc1C#N. The third-order valence-corrected chi connectivity index (χ3v) is 3.96. The molecule has 1 fully saturated rings. The molecule has 4 heteroatoms. The molecule has 1 saturated carbocycles. The van der Waals surface area contributed by atoms with Gasteiger partial charge in [-0.3, -0.25) is 4.90 Å². The van der Waals surface area contributed by atoms with Crippen LogP contribution < -0.4 is 4.74 Å². The van der Waals surface area contributed by atoms with Crippen molar-refractivity contribution in [3.05, 3.63) is 29.3 Å². The summed E-state index contributed by atoms with van der Waals surface area (Å²) in [6.07, 6.45) is 4.59. The van der Waals surface area contributed by atoms with E-state index >= 15 is 0 Å². The van der Waals surface area contributed by atoms with E-state index < -0.39 is 0 Å². The van der Waals surface area contributed by atoms with Gasteiger partial charge >= 0.3 is 0 Å². The van der Waals surface area contributed by atoms with E-state index in [4.69, 9.17) is 15.1 Å². The smallest absolute Gasteiger partial charge is 0.136 e. The molecule has 1 aromatic rings. The van der Waals surface area contributed by atoms with E-state index in [9.17, 15) is 0 Å². The second kappa shape index (κ2) is 7.28. The van der Waals surface area contributed by atoms with Crippen LogP contribution in [-0.2, 0) is 6.54 Å². The van der Waals surface area contributed by atoms with Gasteiger partial charge < -0.3 is 9.84 Å². The van der Waals surface area contributed by atoms with Gasteiger partial charge in [-0.15, -0.1) is 0 Å². The molecular weight excluding hydrogens is 252 g/mol. The Morgan fingerprint density at radius 2 is 2.25 bits per heavy atom. The highest BCUT2D eigenvalue weighted by atomic mass is 16.5. The Hall–Kier alpha value is -1.57. The topological polar surface area (TPSA) is 56.5 Å². The van der Waals surface area contributed by atoms with Crippen LogP contribution in [0, 0.1) is 11.3 Å². The van der Waals surface area contributed by atoms with Gasteiger partial charge in [-0.1, -0.05) is 12.5 Å². The maximum atomic E-state index is 9.14. The molecule has 1 aliphatic carbocycles. The van der Waals surface area contributed by atoms with Crippen molar-refractivity contribution in [3.63, 3.8) is 0 Å². The van der Waals surface area contributed by atoms with Crippen LogP contribution in [0.5, 0.6) is 5.75 Å². The maximum absolute atomic E-state index is 9.14. The molecule has 0 atom stereocenters. The molecule has 0 saturated heterocycles. The van der Waals surface area contributed by atoms with Crippen molar-refractivity contribution in [1.82, 2.24) is 4.90 Å². The molecule has 0 amide bonds. The summed E-state index contributed by atoms with van der Waals surface area (Å²) in [5.74, 6) is 0.627. The number of hydrogen-bond acceptors (Lipinski definition) is 4. The third-order valence-electron chi connectivity index (χ3n) is 3.96. The van der Waals surface area contributed by atoms with Crippen molar-refractivity contribution in [2.24, 2.45) is 0 Å². The van der Waals surface area contributed by atoms with Crippen LogP contribution in [0.3, 0.4) is 0 Å². The highest BCUT2D eigenvalue weighted by Gasteiger charge is 2.24. The van der Waals surface area contributed by atoms with Gasteiger partial charge in [0, 0.05) is 25.7 Å². The van der Waals surface area contributed by atoms with E-state index in [2.05, 4.69) is 11.0 Å². The molecule has 4 nitrogen and oxygen atoms in total. The van der Waals surface area contributed by atoms with Gasteiger partial charge in [0.1, 0.15) is 11.8 Å². The molecule has 1 N–H and O–H groups in total. The van der Waals surface area contributed by atoms with Crippen molar-refractivity contribution < 1.29 is 9.84 Å². The summed E-state index contributed by atoms with van der Waals surface area (Å²) in [6, 6.07) is 8.59. The molecule has 1 aliphatic rings. The van der Waals surface area contributed by atoms with Gasteiger partial charge in [0.25, 0.3) is 0 Å². The highest BCUT2D eigenvalue weighted by molar-refractivity contribution is 5.45. The van der Waals surface area contributed by atoms with Gasteiger partial charge in [-0.05, 0) is 37.0 Å². The molecule has 0 heterocycles. The number of aliphatic hydroxyl groups excluding tert-OH is 1. The lowest BCUT2D eigenvalue weighted by atomic mass is 9.91. The second-order valence-electron chi connectivity index (χ2n) is 5.28. The Labute approximate surface area is 120 Å². The molecule has 108 valence electrons. The first-order valence-corrected chi connectivity index (χ1v) is 7.20. The van der Waals surface area contributed by atoms with E-state index in [0.717, 1.165) is 25.1 Å². The number of nitrogens with zero attached hydrogens (tertiary/aromatic N) is 2. The number of rotatable bonds is 7. The normalized spacial score (nSPS) is 14.9. The van der Waals surface area contributed by atoms with Crippen molar-refractivity contribution in [2.45, 2.75) is 38.3 Å². The maximum Gasteiger partial charge on any atom is 0.136 e. The van der Waals surface area contributed by atoms with E-state index in [1.807, 2.05) is 18.2 Å². The minimum absolute atomic E-state index is 0.231. The molecule has 0 spiro atoms. The first kappa shape index (κ1) is 14.8. The zero-order valence-corrected chi connectivity index (χ0v) is 12.0. The second-order valence-corrected chi connectivity index (χ2v) is 5.28. The quantitative estimate of drug-likeness (QED) is 0.829. The lowest BCUT2D eigenvalue weighted by Gasteiger charge is -2.37. The average molecular weight is 274 g/mol. The lowest BCUT2D eigenvalue weighted by molar-refractivity contribution is 0.109. The minimum atomic E-state index is 0.231. The van der Waals surface area contributed by atoms with Crippen molar-refractivity contribution in [3.8, 4) is 11.8 Å². The van der Waals surface area contributed by atoms with Crippen molar-refractivity contribution >= 4 is 0 Å². The number of nitriles is 1. The Morgan fingerprint density at radius 3 is 2.80 bits per heavy atom. The number of methoxy groups -OCH3 is 1. The van der Waals surface area contributed by atoms with Gasteiger partial charge in [-0.25, -0.2) is 0 Å². The van der Waals surface area contributed by atoms with Crippen LogP contribution in [0.4, 0.5) is 0 Å². The number of benzene rings is 1. The van der Waals surface area contributed by atoms with E-state index in [1.165, 1.54) is 19.3 Å². The summed E-state index contributed by atoms with van der Waals surface area (Å²) in [5, 5.41) is 18.2. The average Bonchev–Trinajstić information content (AvgIpc) is 2.42. The van der Waals surface area contributed by atoms with E-state index in [0.29, 0.717) is 17.4 Å². The fraction of sp³-hybridized carbons (Fsp3) is 0.562. The molecule has 1 aromatic carbocycles. The standard InChI is InChI=1S/C16H22N2O2/c1-20-16-7-6-13(10-14(16)11-17)12-18(8-3-9-19)15-4-2-5-15/h6-7,10,15,19H,2-5,8-9,12H2,1H3. The summed E-state index contributed by atoms with van der Waals surface area (Å²) in [4.78, 5) is 2.42. The van der Waals surface area contributed by atoms with Crippen LogP contribution in [-0.4, -0.2) is 36.3 Å². The molecule has 0 bridgehead atoms. The Kier molecular flexibility index (Phi) is 5.40. The predicted octanol–water partition coefficient (Wildman–Crippen LogP) is 2.30. The summed E-state index contributed by atoms with van der Waals surface area (Å²) in [5.41, 5.74) is 1.72. The Balaban J connectivity index is 2.07. The molecule has 0 aromatic heterocycles. The highest BCUT2D eigenvalue weighted by Crippen LogP contribution is 2.27. The van der Waals surface area contributed by atoms with E-state index in [1.54, 1.807) is 7.11 Å². The van der Waals surface area contributed by atoms with Crippen molar-refractivity contribution in [2.75, 3.05) is 20.3 Å². The molecular formula is C16H22N2O2. The van der Waals surface area contributed by atoms with Crippen LogP contribution in [0.15, 0.2) is 18.2 Å². The Morgan fingerprint density at radius 1 is 1.45 bits per heavy atom. The molecule has 2 rings (SSSR count). The minimum Gasteiger partial charge on any atom is -0.495 e. The summed E-state index contributed by atoms with van der Waals surface area (Å²) in [7, 11) is 1.58. The predicted molar refractivity (Wildman–Crippen MR) is 77.5 cm³/mol. The zero-order valence-electron chi connectivity index (χ0n) is 12.0.